The van der Waals surface area contributed by atoms with Gasteiger partial charge in [0.25, 0.3) is 0 Å². The van der Waals surface area contributed by atoms with E-state index in [1.165, 1.54) is 116 Å². The first-order valence-corrected chi connectivity index (χ1v) is 24.1. The van der Waals surface area contributed by atoms with Gasteiger partial charge in [0.2, 0.25) is 0 Å². The van der Waals surface area contributed by atoms with Gasteiger partial charge in [0.1, 0.15) is 13.2 Å². The van der Waals surface area contributed by atoms with Crippen molar-refractivity contribution >= 4 is 17.9 Å². The molecule has 0 N–H and O–H groups in total. The van der Waals surface area contributed by atoms with E-state index in [9.17, 15) is 14.4 Å². The molecule has 0 radical (unpaired) electrons. The largest absolute Gasteiger partial charge is 0.462 e. The standard InChI is InChI=1S/C51H90O6/c1-4-7-10-13-16-19-22-24-25-26-27-30-32-35-38-41-44-50(53)56-47-48(46-55-49(52)43-40-37-34-31-28-21-18-15-12-9-6-3)57-51(54)45-42-39-36-33-29-23-20-17-14-11-8-5-2/h8,11,17,20,25-26,29,33,48H,4-7,9-10,12-16,18-19,21-24,27-28,30-32,34-47H2,1-3H3/b11-8-,20-17-,26-25-,33-29-. The molecule has 0 heterocycles. The monoisotopic (exact) mass is 799 g/mol. The van der Waals surface area contributed by atoms with Crippen LogP contribution in [0.15, 0.2) is 48.6 Å². The number of ether oxygens (including phenoxy) is 3. The first-order chi connectivity index (χ1) is 28.0. The lowest BCUT2D eigenvalue weighted by Crippen LogP contribution is -2.30. The van der Waals surface area contributed by atoms with Crippen LogP contribution in [0.4, 0.5) is 0 Å². The fraction of sp³-hybridized carbons (Fsp3) is 0.784. The van der Waals surface area contributed by atoms with Gasteiger partial charge in [-0.05, 0) is 77.0 Å². The molecule has 0 amide bonds. The number of esters is 3. The van der Waals surface area contributed by atoms with Crippen molar-refractivity contribution in [2.24, 2.45) is 0 Å². The normalized spacial score (nSPS) is 12.4. The van der Waals surface area contributed by atoms with Crippen LogP contribution in [0.25, 0.3) is 0 Å². The van der Waals surface area contributed by atoms with Gasteiger partial charge in [-0.3, -0.25) is 14.4 Å². The van der Waals surface area contributed by atoms with Crippen LogP contribution in [0.1, 0.15) is 239 Å². The third kappa shape index (κ3) is 44.3. The third-order valence-electron chi connectivity index (χ3n) is 10.3. The summed E-state index contributed by atoms with van der Waals surface area (Å²) in [4.78, 5) is 37.8. The van der Waals surface area contributed by atoms with E-state index in [2.05, 4.69) is 69.4 Å². The molecule has 6 heteroatoms. The Labute approximate surface area is 352 Å². The number of rotatable bonds is 43. The lowest BCUT2D eigenvalue weighted by molar-refractivity contribution is -0.167. The maximum absolute atomic E-state index is 12.7. The highest BCUT2D eigenvalue weighted by Gasteiger charge is 2.19. The van der Waals surface area contributed by atoms with E-state index in [0.717, 1.165) is 77.0 Å². The van der Waals surface area contributed by atoms with Gasteiger partial charge in [-0.25, -0.2) is 0 Å². The zero-order chi connectivity index (χ0) is 41.5. The second-order valence-electron chi connectivity index (χ2n) is 16.0. The number of carbonyl (C=O) groups is 3. The molecule has 0 aromatic heterocycles. The SMILES string of the molecule is CC/C=C\C/C=C\C/C=C\CCCCC(=O)OC(COC(=O)CCCCCCC/C=C\CCCCCCCCC)COC(=O)CCCCCCCCCCCCC. The molecule has 0 saturated carbocycles. The van der Waals surface area contributed by atoms with Crippen molar-refractivity contribution in [3.8, 4) is 0 Å². The maximum atomic E-state index is 12.7. The first kappa shape index (κ1) is 54.4. The molecule has 0 fully saturated rings. The maximum Gasteiger partial charge on any atom is 0.306 e. The van der Waals surface area contributed by atoms with Crippen LogP contribution in [0, 0.1) is 0 Å². The molecule has 330 valence electrons. The van der Waals surface area contributed by atoms with Crippen LogP contribution in [0.2, 0.25) is 0 Å². The van der Waals surface area contributed by atoms with Crippen LogP contribution in [0.3, 0.4) is 0 Å². The highest BCUT2D eigenvalue weighted by atomic mass is 16.6. The van der Waals surface area contributed by atoms with Crippen molar-refractivity contribution in [1.29, 1.82) is 0 Å². The Bertz CT molecular complexity index is 1010. The molecule has 0 spiro atoms. The summed E-state index contributed by atoms with van der Waals surface area (Å²) in [7, 11) is 0. The van der Waals surface area contributed by atoms with E-state index in [-0.39, 0.29) is 37.5 Å². The van der Waals surface area contributed by atoms with E-state index in [0.29, 0.717) is 19.3 Å². The van der Waals surface area contributed by atoms with Crippen molar-refractivity contribution < 1.29 is 28.6 Å². The minimum absolute atomic E-state index is 0.0894. The summed E-state index contributed by atoms with van der Waals surface area (Å²) in [5.41, 5.74) is 0. The zero-order valence-electron chi connectivity index (χ0n) is 37.6. The minimum atomic E-state index is -0.791. The fourth-order valence-corrected chi connectivity index (χ4v) is 6.69. The van der Waals surface area contributed by atoms with Crippen molar-refractivity contribution in [2.75, 3.05) is 13.2 Å². The topological polar surface area (TPSA) is 78.9 Å². The average Bonchev–Trinajstić information content (AvgIpc) is 3.21. The summed E-state index contributed by atoms with van der Waals surface area (Å²) >= 11 is 0. The number of carbonyl (C=O) groups excluding carboxylic acids is 3. The average molecular weight is 799 g/mol. The Morgan fingerprint density at radius 3 is 1.12 bits per heavy atom. The summed E-state index contributed by atoms with van der Waals surface area (Å²) in [5.74, 6) is -0.936. The van der Waals surface area contributed by atoms with E-state index < -0.39 is 6.10 Å². The van der Waals surface area contributed by atoms with Gasteiger partial charge < -0.3 is 14.2 Å². The Morgan fingerprint density at radius 2 is 0.684 bits per heavy atom. The number of unbranched alkanes of at least 4 members (excludes halogenated alkanes) is 24. The van der Waals surface area contributed by atoms with E-state index in [4.69, 9.17) is 14.2 Å². The van der Waals surface area contributed by atoms with Crippen LogP contribution in [0.5, 0.6) is 0 Å². The Morgan fingerprint density at radius 1 is 0.368 bits per heavy atom. The van der Waals surface area contributed by atoms with Crippen molar-refractivity contribution in [2.45, 2.75) is 245 Å². The number of hydrogen-bond donors (Lipinski definition) is 0. The molecule has 0 aliphatic heterocycles. The third-order valence-corrected chi connectivity index (χ3v) is 10.3. The van der Waals surface area contributed by atoms with E-state index in [1.54, 1.807) is 0 Å². The molecular weight excluding hydrogens is 709 g/mol. The summed E-state index contributed by atoms with van der Waals surface area (Å²) in [6.45, 7) is 6.47. The minimum Gasteiger partial charge on any atom is -0.462 e. The van der Waals surface area contributed by atoms with Crippen molar-refractivity contribution in [1.82, 2.24) is 0 Å². The van der Waals surface area contributed by atoms with Gasteiger partial charge in [0.05, 0.1) is 0 Å². The molecule has 0 aromatic rings. The lowest BCUT2D eigenvalue weighted by Gasteiger charge is -2.18. The molecule has 57 heavy (non-hydrogen) atoms. The van der Waals surface area contributed by atoms with Crippen molar-refractivity contribution in [3.63, 3.8) is 0 Å². The van der Waals surface area contributed by atoms with Gasteiger partial charge in [-0.1, -0.05) is 191 Å². The summed E-state index contributed by atoms with van der Waals surface area (Å²) < 4.78 is 16.7. The first-order valence-electron chi connectivity index (χ1n) is 24.1. The second-order valence-corrected chi connectivity index (χ2v) is 16.0. The molecule has 0 bridgehead atoms. The van der Waals surface area contributed by atoms with E-state index in [1.807, 2.05) is 0 Å². The Kier molecular flexibility index (Phi) is 43.9. The summed E-state index contributed by atoms with van der Waals surface area (Å²) in [6, 6.07) is 0. The van der Waals surface area contributed by atoms with Gasteiger partial charge in [-0.2, -0.15) is 0 Å². The quantitative estimate of drug-likeness (QED) is 0.0265. The predicted molar refractivity (Wildman–Crippen MR) is 242 cm³/mol. The molecule has 0 rings (SSSR count). The van der Waals surface area contributed by atoms with Gasteiger partial charge >= 0.3 is 17.9 Å². The zero-order valence-corrected chi connectivity index (χ0v) is 37.6. The summed E-state index contributed by atoms with van der Waals surface area (Å²) in [5, 5.41) is 0. The van der Waals surface area contributed by atoms with Crippen LogP contribution < -0.4 is 0 Å². The lowest BCUT2D eigenvalue weighted by atomic mass is 10.1. The highest BCUT2D eigenvalue weighted by molar-refractivity contribution is 5.71. The summed E-state index contributed by atoms with van der Waals surface area (Å²) in [6.07, 6.45) is 53.8. The molecule has 0 saturated heterocycles. The van der Waals surface area contributed by atoms with Crippen LogP contribution >= 0.6 is 0 Å². The van der Waals surface area contributed by atoms with Crippen molar-refractivity contribution in [3.05, 3.63) is 48.6 Å². The van der Waals surface area contributed by atoms with Gasteiger partial charge in [0.15, 0.2) is 6.10 Å². The Hall–Kier alpha value is -2.63. The second kappa shape index (κ2) is 46.1. The van der Waals surface area contributed by atoms with Crippen LogP contribution in [-0.4, -0.2) is 37.2 Å². The molecular formula is C51H90O6. The smallest absolute Gasteiger partial charge is 0.306 e. The van der Waals surface area contributed by atoms with Gasteiger partial charge in [-0.15, -0.1) is 0 Å². The highest BCUT2D eigenvalue weighted by Crippen LogP contribution is 2.14. The van der Waals surface area contributed by atoms with Gasteiger partial charge in [0, 0.05) is 19.3 Å². The predicted octanol–water partition coefficient (Wildman–Crippen LogP) is 15.5. The molecule has 1 atom stereocenters. The van der Waals surface area contributed by atoms with E-state index >= 15 is 0 Å². The number of hydrogen-bond acceptors (Lipinski definition) is 6. The Balaban J connectivity index is 4.40. The fourth-order valence-electron chi connectivity index (χ4n) is 6.69. The molecule has 6 nitrogen and oxygen atoms in total. The molecule has 0 aliphatic carbocycles. The molecule has 0 aliphatic rings. The molecule has 1 unspecified atom stereocenters. The van der Waals surface area contributed by atoms with Crippen LogP contribution in [-0.2, 0) is 28.6 Å². The molecule has 0 aromatic carbocycles. The number of allylic oxidation sites excluding steroid dienone is 8.